The lowest BCUT2D eigenvalue weighted by molar-refractivity contribution is 0.129. The second-order valence-corrected chi connectivity index (χ2v) is 8.37. The summed E-state index contributed by atoms with van der Waals surface area (Å²) in [4.78, 5) is 5.40. The van der Waals surface area contributed by atoms with Crippen molar-refractivity contribution >= 4 is 29.2 Å². The van der Waals surface area contributed by atoms with Crippen LogP contribution in [0.3, 0.4) is 0 Å². The zero-order valence-electron chi connectivity index (χ0n) is 11.6. The predicted octanol–water partition coefficient (Wildman–Crippen LogP) is 4.56. The zero-order chi connectivity index (χ0) is 13.6. The third-order valence-electron chi connectivity index (χ3n) is 3.13. The van der Waals surface area contributed by atoms with Crippen molar-refractivity contribution in [3.05, 3.63) is 35.9 Å². The largest absolute Gasteiger partial charge is 0.391 e. The Morgan fingerprint density at radius 2 is 1.95 bits per heavy atom. The Hall–Kier alpha value is -0.610. The number of hydrogen-bond donors (Lipinski definition) is 0. The van der Waals surface area contributed by atoms with Gasteiger partial charge < -0.3 is 4.84 Å². The van der Waals surface area contributed by atoms with Gasteiger partial charge in [0.05, 0.1) is 9.79 Å². The van der Waals surface area contributed by atoms with Crippen molar-refractivity contribution in [1.29, 1.82) is 0 Å². The second-order valence-electron chi connectivity index (χ2n) is 4.92. The van der Waals surface area contributed by atoms with E-state index < -0.39 is 0 Å². The molecule has 4 heteroatoms. The molecule has 0 radical (unpaired) electrons. The molecule has 1 fully saturated rings. The van der Waals surface area contributed by atoms with E-state index in [1.807, 2.05) is 18.2 Å². The van der Waals surface area contributed by atoms with E-state index in [4.69, 9.17) is 4.84 Å². The molecule has 0 bridgehead atoms. The minimum atomic E-state index is 0.385. The molecule has 2 rings (SSSR count). The van der Waals surface area contributed by atoms with E-state index in [1.54, 1.807) is 0 Å². The highest BCUT2D eigenvalue weighted by molar-refractivity contribution is 8.21. The van der Waals surface area contributed by atoms with Gasteiger partial charge in [0.2, 0.25) is 0 Å². The second kappa shape index (κ2) is 7.25. The predicted molar refractivity (Wildman–Crippen MR) is 86.9 cm³/mol. The number of oxime groups is 1. The average molecular weight is 295 g/mol. The molecule has 1 aliphatic rings. The number of benzene rings is 1. The maximum Gasteiger partial charge on any atom is 0.142 e. The fourth-order valence-electron chi connectivity index (χ4n) is 1.95. The minimum Gasteiger partial charge on any atom is -0.391 e. The van der Waals surface area contributed by atoms with Crippen LogP contribution < -0.4 is 0 Å². The molecule has 1 aromatic rings. The van der Waals surface area contributed by atoms with Crippen molar-refractivity contribution in [3.8, 4) is 0 Å². The van der Waals surface area contributed by atoms with Crippen LogP contribution in [0.25, 0.3) is 0 Å². The van der Waals surface area contributed by atoms with Crippen molar-refractivity contribution in [2.45, 2.75) is 37.4 Å². The Morgan fingerprint density at radius 3 is 2.63 bits per heavy atom. The molecule has 2 nitrogen and oxygen atoms in total. The molecule has 1 saturated heterocycles. The van der Waals surface area contributed by atoms with Crippen molar-refractivity contribution in [2.75, 3.05) is 11.5 Å². The van der Waals surface area contributed by atoms with Crippen LogP contribution in [0.4, 0.5) is 0 Å². The topological polar surface area (TPSA) is 21.6 Å². The van der Waals surface area contributed by atoms with Gasteiger partial charge in [-0.1, -0.05) is 35.5 Å². The Morgan fingerprint density at radius 1 is 1.26 bits per heavy atom. The minimum absolute atomic E-state index is 0.385. The standard InChI is InChI=1S/C15H21NOS2/c1-13(8-9-15(2)18-10-11-19-15)16-17-12-14-6-4-3-5-7-14/h3-7H,8-12H2,1-2H3/b16-13+. The molecular weight excluding hydrogens is 274 g/mol. The SMILES string of the molecule is C/C(CCC1(C)SCCS1)=N\OCc1ccccc1. The Kier molecular flexibility index (Phi) is 5.64. The van der Waals surface area contributed by atoms with Crippen LogP contribution in [0.1, 0.15) is 32.3 Å². The summed E-state index contributed by atoms with van der Waals surface area (Å²) in [6, 6.07) is 10.2. The van der Waals surface area contributed by atoms with Gasteiger partial charge in [-0.05, 0) is 32.3 Å². The van der Waals surface area contributed by atoms with E-state index in [-0.39, 0.29) is 0 Å². The fraction of sp³-hybridized carbons (Fsp3) is 0.533. The Labute approximate surface area is 124 Å². The van der Waals surface area contributed by atoms with Crippen LogP contribution >= 0.6 is 23.5 Å². The van der Waals surface area contributed by atoms with Gasteiger partial charge in [-0.2, -0.15) is 0 Å². The molecule has 0 aromatic heterocycles. The van der Waals surface area contributed by atoms with Crippen LogP contribution in [-0.4, -0.2) is 21.3 Å². The van der Waals surface area contributed by atoms with E-state index in [0.29, 0.717) is 10.7 Å². The van der Waals surface area contributed by atoms with Crippen molar-refractivity contribution in [2.24, 2.45) is 5.16 Å². The van der Waals surface area contributed by atoms with E-state index in [2.05, 4.69) is 54.7 Å². The molecule has 1 heterocycles. The van der Waals surface area contributed by atoms with Crippen molar-refractivity contribution in [3.63, 3.8) is 0 Å². The maximum absolute atomic E-state index is 5.40. The number of rotatable bonds is 6. The lowest BCUT2D eigenvalue weighted by Gasteiger charge is -2.21. The highest BCUT2D eigenvalue weighted by atomic mass is 32.2. The molecule has 19 heavy (non-hydrogen) atoms. The van der Waals surface area contributed by atoms with E-state index >= 15 is 0 Å². The van der Waals surface area contributed by atoms with Gasteiger partial charge in [0.25, 0.3) is 0 Å². The van der Waals surface area contributed by atoms with Crippen LogP contribution in [0.2, 0.25) is 0 Å². The molecule has 0 saturated carbocycles. The van der Waals surface area contributed by atoms with Gasteiger partial charge in [-0.25, -0.2) is 0 Å². The highest BCUT2D eigenvalue weighted by Crippen LogP contribution is 2.46. The molecule has 0 N–H and O–H groups in total. The van der Waals surface area contributed by atoms with Crippen molar-refractivity contribution in [1.82, 2.24) is 0 Å². The molecule has 0 amide bonds. The van der Waals surface area contributed by atoms with Crippen LogP contribution in [0.15, 0.2) is 35.5 Å². The van der Waals surface area contributed by atoms with Crippen molar-refractivity contribution < 1.29 is 4.84 Å². The molecule has 0 aliphatic carbocycles. The van der Waals surface area contributed by atoms with Gasteiger partial charge in [0, 0.05) is 11.5 Å². The molecule has 0 atom stereocenters. The third kappa shape index (κ3) is 5.11. The monoisotopic (exact) mass is 295 g/mol. The van der Waals surface area contributed by atoms with Crippen LogP contribution in [0, 0.1) is 0 Å². The fourth-order valence-corrected chi connectivity index (χ4v) is 4.80. The number of nitrogens with zero attached hydrogens (tertiary/aromatic N) is 1. The quantitative estimate of drug-likeness (QED) is 0.567. The lowest BCUT2D eigenvalue weighted by Crippen LogP contribution is -2.12. The first kappa shape index (κ1) is 14.8. The van der Waals surface area contributed by atoms with Gasteiger partial charge in [-0.3, -0.25) is 0 Å². The van der Waals surface area contributed by atoms with Crippen LogP contribution in [-0.2, 0) is 11.4 Å². The first-order valence-corrected chi connectivity index (χ1v) is 8.62. The summed E-state index contributed by atoms with van der Waals surface area (Å²) in [5.74, 6) is 2.56. The van der Waals surface area contributed by atoms with Gasteiger partial charge in [0.1, 0.15) is 6.61 Å². The van der Waals surface area contributed by atoms with E-state index in [9.17, 15) is 0 Å². The number of thioether (sulfide) groups is 2. The summed E-state index contributed by atoms with van der Waals surface area (Å²) in [5.41, 5.74) is 2.25. The maximum atomic E-state index is 5.40. The van der Waals surface area contributed by atoms with E-state index in [1.165, 1.54) is 17.9 Å². The Bertz CT molecular complexity index is 413. The van der Waals surface area contributed by atoms with E-state index in [0.717, 1.165) is 17.7 Å². The molecule has 0 unspecified atom stereocenters. The number of hydrogen-bond acceptors (Lipinski definition) is 4. The third-order valence-corrected chi connectivity index (χ3v) is 6.55. The van der Waals surface area contributed by atoms with Gasteiger partial charge in [0.15, 0.2) is 0 Å². The summed E-state index contributed by atoms with van der Waals surface area (Å²) < 4.78 is 0.385. The molecule has 1 aliphatic heterocycles. The highest BCUT2D eigenvalue weighted by Gasteiger charge is 2.29. The lowest BCUT2D eigenvalue weighted by atomic mass is 10.2. The first-order chi connectivity index (χ1) is 9.18. The molecule has 0 spiro atoms. The van der Waals surface area contributed by atoms with Gasteiger partial charge >= 0.3 is 0 Å². The summed E-state index contributed by atoms with van der Waals surface area (Å²) in [6.45, 7) is 4.95. The average Bonchev–Trinajstić information content (AvgIpc) is 2.85. The normalized spacial score (nSPS) is 18.5. The first-order valence-electron chi connectivity index (χ1n) is 6.65. The summed E-state index contributed by atoms with van der Waals surface area (Å²) in [5, 5.41) is 4.21. The Balaban J connectivity index is 1.71. The molecule has 104 valence electrons. The smallest absolute Gasteiger partial charge is 0.142 e. The molecular formula is C15H21NOS2. The summed E-state index contributed by atoms with van der Waals surface area (Å²) in [7, 11) is 0. The van der Waals surface area contributed by atoms with Gasteiger partial charge in [-0.15, -0.1) is 23.5 Å². The zero-order valence-corrected chi connectivity index (χ0v) is 13.2. The van der Waals surface area contributed by atoms with Crippen LogP contribution in [0.5, 0.6) is 0 Å². The summed E-state index contributed by atoms with van der Waals surface area (Å²) >= 11 is 4.15. The summed E-state index contributed by atoms with van der Waals surface area (Å²) in [6.07, 6.45) is 2.19. The molecule has 1 aromatic carbocycles.